The Balaban J connectivity index is 2.08. The lowest BCUT2D eigenvalue weighted by Crippen LogP contribution is -2.14. The van der Waals surface area contributed by atoms with E-state index < -0.39 is 0 Å². The Kier molecular flexibility index (Phi) is 2.94. The van der Waals surface area contributed by atoms with Crippen LogP contribution in [0.15, 0.2) is 30.3 Å². The van der Waals surface area contributed by atoms with Crippen molar-refractivity contribution >= 4 is 11.8 Å². The lowest BCUT2D eigenvalue weighted by molar-refractivity contribution is 0.589. The van der Waals surface area contributed by atoms with Gasteiger partial charge in [0.05, 0.1) is 0 Å². The topological polar surface area (TPSA) is 0 Å². The summed E-state index contributed by atoms with van der Waals surface area (Å²) in [5.74, 6) is 2.15. The van der Waals surface area contributed by atoms with Crippen LogP contribution in [0.4, 0.5) is 0 Å². The van der Waals surface area contributed by atoms with Crippen LogP contribution in [-0.4, -0.2) is 11.0 Å². The SMILES string of the molecule is C[C@@H]1C[C@H](c2ccccc2)CCS1. The minimum Gasteiger partial charge on any atom is -0.159 e. The van der Waals surface area contributed by atoms with Gasteiger partial charge in [-0.2, -0.15) is 11.8 Å². The molecule has 0 spiro atoms. The Hall–Kier alpha value is -0.430. The molecule has 0 bridgehead atoms. The van der Waals surface area contributed by atoms with Crippen LogP contribution in [0.1, 0.15) is 31.2 Å². The van der Waals surface area contributed by atoms with Crippen LogP contribution < -0.4 is 0 Å². The van der Waals surface area contributed by atoms with Crippen LogP contribution in [0, 0.1) is 0 Å². The molecule has 0 N–H and O–H groups in total. The molecule has 1 aliphatic rings. The molecule has 0 saturated carbocycles. The summed E-state index contributed by atoms with van der Waals surface area (Å²) in [6.45, 7) is 2.35. The third-order valence-corrected chi connectivity index (χ3v) is 3.99. The molecule has 2 rings (SSSR count). The summed E-state index contributed by atoms with van der Waals surface area (Å²) in [7, 11) is 0. The molecule has 0 nitrogen and oxygen atoms in total. The first-order chi connectivity index (χ1) is 6.36. The van der Waals surface area contributed by atoms with Crippen LogP contribution >= 0.6 is 11.8 Å². The highest BCUT2D eigenvalue weighted by molar-refractivity contribution is 7.99. The van der Waals surface area contributed by atoms with E-state index in [1.165, 1.54) is 24.2 Å². The first-order valence-corrected chi connectivity index (χ1v) is 6.07. The third kappa shape index (κ3) is 2.28. The molecule has 13 heavy (non-hydrogen) atoms. The Labute approximate surface area is 84.7 Å². The van der Waals surface area contributed by atoms with Crippen molar-refractivity contribution in [3.05, 3.63) is 35.9 Å². The van der Waals surface area contributed by atoms with Crippen molar-refractivity contribution < 1.29 is 0 Å². The van der Waals surface area contributed by atoms with E-state index in [1.807, 2.05) is 0 Å². The lowest BCUT2D eigenvalue weighted by Gasteiger charge is -2.26. The predicted octanol–water partition coefficient (Wildman–Crippen LogP) is 3.69. The molecule has 1 aromatic carbocycles. The van der Waals surface area contributed by atoms with Gasteiger partial charge in [0.1, 0.15) is 0 Å². The maximum atomic E-state index is 2.35. The zero-order valence-electron chi connectivity index (χ0n) is 8.07. The molecule has 1 heteroatoms. The fourth-order valence-electron chi connectivity index (χ4n) is 2.03. The van der Waals surface area contributed by atoms with Gasteiger partial charge in [-0.25, -0.2) is 0 Å². The standard InChI is InChI=1S/C12H16S/c1-10-9-12(7-8-13-10)11-5-3-2-4-6-11/h2-6,10,12H,7-9H2,1H3/t10-,12-/m1/s1. The minimum absolute atomic E-state index is 0.817. The average Bonchev–Trinajstić information content (AvgIpc) is 2.19. The zero-order valence-corrected chi connectivity index (χ0v) is 8.89. The van der Waals surface area contributed by atoms with Gasteiger partial charge < -0.3 is 0 Å². The van der Waals surface area contributed by atoms with Gasteiger partial charge in [0.25, 0.3) is 0 Å². The first kappa shape index (κ1) is 9.14. The maximum absolute atomic E-state index is 2.35. The number of hydrogen-bond acceptors (Lipinski definition) is 1. The molecular formula is C12H16S. The van der Waals surface area contributed by atoms with Gasteiger partial charge in [-0.3, -0.25) is 0 Å². The average molecular weight is 192 g/mol. The van der Waals surface area contributed by atoms with E-state index in [4.69, 9.17) is 0 Å². The fourth-order valence-corrected chi connectivity index (χ4v) is 3.22. The van der Waals surface area contributed by atoms with Crippen LogP contribution in [0.25, 0.3) is 0 Å². The van der Waals surface area contributed by atoms with Crippen LogP contribution in [-0.2, 0) is 0 Å². The summed E-state index contributed by atoms with van der Waals surface area (Å²) in [6, 6.07) is 11.0. The summed E-state index contributed by atoms with van der Waals surface area (Å²) < 4.78 is 0. The second-order valence-electron chi connectivity index (χ2n) is 3.81. The molecule has 1 heterocycles. The largest absolute Gasteiger partial charge is 0.159 e. The zero-order chi connectivity index (χ0) is 9.10. The Morgan fingerprint density at radius 2 is 2.00 bits per heavy atom. The Bertz CT molecular complexity index is 255. The summed E-state index contributed by atoms with van der Waals surface area (Å²) in [6.07, 6.45) is 2.72. The van der Waals surface area contributed by atoms with E-state index in [2.05, 4.69) is 49.0 Å². The van der Waals surface area contributed by atoms with Gasteiger partial charge in [0.15, 0.2) is 0 Å². The van der Waals surface area contributed by atoms with E-state index in [1.54, 1.807) is 0 Å². The molecule has 0 radical (unpaired) electrons. The quantitative estimate of drug-likeness (QED) is 0.654. The number of benzene rings is 1. The van der Waals surface area contributed by atoms with Crippen molar-refractivity contribution in [2.45, 2.75) is 30.9 Å². The molecule has 0 aromatic heterocycles. The van der Waals surface area contributed by atoms with Crippen molar-refractivity contribution in [2.75, 3.05) is 5.75 Å². The highest BCUT2D eigenvalue weighted by Crippen LogP contribution is 2.35. The highest BCUT2D eigenvalue weighted by Gasteiger charge is 2.19. The molecule has 0 aliphatic carbocycles. The molecule has 2 atom stereocenters. The summed E-state index contributed by atoms with van der Waals surface area (Å²) in [5, 5.41) is 0.846. The van der Waals surface area contributed by atoms with Gasteiger partial charge >= 0.3 is 0 Å². The van der Waals surface area contributed by atoms with E-state index >= 15 is 0 Å². The highest BCUT2D eigenvalue weighted by atomic mass is 32.2. The minimum atomic E-state index is 0.817. The summed E-state index contributed by atoms with van der Waals surface area (Å²) >= 11 is 2.12. The van der Waals surface area contributed by atoms with E-state index in [-0.39, 0.29) is 0 Å². The van der Waals surface area contributed by atoms with Gasteiger partial charge in [-0.1, -0.05) is 37.3 Å². The normalized spacial score (nSPS) is 28.7. The molecule has 70 valence electrons. The smallest absolute Gasteiger partial charge is 0.00245 e. The van der Waals surface area contributed by atoms with Crippen molar-refractivity contribution in [1.82, 2.24) is 0 Å². The van der Waals surface area contributed by atoms with E-state index in [0.29, 0.717) is 0 Å². The number of thioether (sulfide) groups is 1. The van der Waals surface area contributed by atoms with Gasteiger partial charge in [-0.05, 0) is 30.1 Å². The Morgan fingerprint density at radius 3 is 2.69 bits per heavy atom. The molecule has 1 aliphatic heterocycles. The molecular weight excluding hydrogens is 176 g/mol. The Morgan fingerprint density at radius 1 is 1.23 bits per heavy atom. The monoisotopic (exact) mass is 192 g/mol. The van der Waals surface area contributed by atoms with Crippen molar-refractivity contribution in [3.63, 3.8) is 0 Å². The second-order valence-corrected chi connectivity index (χ2v) is 5.36. The molecule has 0 amide bonds. The second kappa shape index (κ2) is 4.19. The van der Waals surface area contributed by atoms with Crippen molar-refractivity contribution in [3.8, 4) is 0 Å². The van der Waals surface area contributed by atoms with Crippen molar-refractivity contribution in [2.24, 2.45) is 0 Å². The van der Waals surface area contributed by atoms with Crippen molar-refractivity contribution in [1.29, 1.82) is 0 Å². The fraction of sp³-hybridized carbons (Fsp3) is 0.500. The number of hydrogen-bond donors (Lipinski definition) is 0. The van der Waals surface area contributed by atoms with Gasteiger partial charge in [0, 0.05) is 5.25 Å². The van der Waals surface area contributed by atoms with E-state index in [9.17, 15) is 0 Å². The predicted molar refractivity (Wildman–Crippen MR) is 60.3 cm³/mol. The number of rotatable bonds is 1. The van der Waals surface area contributed by atoms with Gasteiger partial charge in [0.2, 0.25) is 0 Å². The lowest BCUT2D eigenvalue weighted by atomic mass is 9.92. The van der Waals surface area contributed by atoms with Crippen LogP contribution in [0.3, 0.4) is 0 Å². The third-order valence-electron chi connectivity index (χ3n) is 2.76. The summed E-state index contributed by atoms with van der Waals surface area (Å²) in [4.78, 5) is 0. The van der Waals surface area contributed by atoms with Gasteiger partial charge in [-0.15, -0.1) is 0 Å². The van der Waals surface area contributed by atoms with Crippen LogP contribution in [0.5, 0.6) is 0 Å². The van der Waals surface area contributed by atoms with E-state index in [0.717, 1.165) is 11.2 Å². The molecule has 0 unspecified atom stereocenters. The van der Waals surface area contributed by atoms with Crippen LogP contribution in [0.2, 0.25) is 0 Å². The maximum Gasteiger partial charge on any atom is 0.00245 e. The summed E-state index contributed by atoms with van der Waals surface area (Å²) in [5.41, 5.74) is 1.54. The molecule has 1 saturated heterocycles. The molecule has 1 fully saturated rings. The first-order valence-electron chi connectivity index (χ1n) is 5.03. The molecule has 1 aromatic rings.